The Morgan fingerprint density at radius 3 is 0.967 bits per heavy atom. The second-order valence-electron chi connectivity index (χ2n) is 17.4. The lowest BCUT2D eigenvalue weighted by atomic mass is 10.1. The predicted molar refractivity (Wildman–Crippen MR) is 261 cm³/mol. The van der Waals surface area contributed by atoms with E-state index < -0.39 is 6.10 Å². The van der Waals surface area contributed by atoms with Crippen molar-refractivity contribution in [2.75, 3.05) is 13.2 Å². The molecule has 0 unspecified atom stereocenters. The zero-order chi connectivity index (χ0) is 44.4. The molecular weight excluding hydrogens is 757 g/mol. The molecule has 0 aliphatic carbocycles. The van der Waals surface area contributed by atoms with Crippen LogP contribution in [0.5, 0.6) is 0 Å². The summed E-state index contributed by atoms with van der Waals surface area (Å²) in [7, 11) is 0. The fourth-order valence-corrected chi connectivity index (χ4v) is 7.28. The first-order chi connectivity index (χ1) is 30.0. The van der Waals surface area contributed by atoms with Crippen molar-refractivity contribution in [3.63, 3.8) is 0 Å². The van der Waals surface area contributed by atoms with E-state index in [-0.39, 0.29) is 31.1 Å². The first-order valence-corrected chi connectivity index (χ1v) is 26.1. The molecule has 0 fully saturated rings. The van der Waals surface area contributed by atoms with Gasteiger partial charge in [0.1, 0.15) is 13.2 Å². The van der Waals surface area contributed by atoms with E-state index in [1.807, 2.05) is 0 Å². The first kappa shape index (κ1) is 58.4. The maximum Gasteiger partial charge on any atom is 0.306 e. The fraction of sp³-hybridized carbons (Fsp3) is 0.800. The van der Waals surface area contributed by atoms with E-state index in [0.717, 1.165) is 96.3 Å². The quantitative estimate of drug-likeness (QED) is 0.0263. The topological polar surface area (TPSA) is 78.9 Å². The molecule has 0 radical (unpaired) electrons. The summed E-state index contributed by atoms with van der Waals surface area (Å²) in [6, 6.07) is 0. The summed E-state index contributed by atoms with van der Waals surface area (Å²) < 4.78 is 16.8. The van der Waals surface area contributed by atoms with Crippen molar-refractivity contribution in [3.05, 3.63) is 48.6 Å². The molecule has 0 saturated carbocycles. The third-order valence-corrected chi connectivity index (χ3v) is 11.3. The van der Waals surface area contributed by atoms with Crippen LogP contribution in [-0.2, 0) is 28.6 Å². The van der Waals surface area contributed by atoms with Crippen LogP contribution in [-0.4, -0.2) is 37.2 Å². The van der Waals surface area contributed by atoms with Crippen molar-refractivity contribution in [2.45, 2.75) is 271 Å². The minimum atomic E-state index is -0.785. The van der Waals surface area contributed by atoms with E-state index in [4.69, 9.17) is 14.2 Å². The number of hydrogen-bond acceptors (Lipinski definition) is 6. The minimum Gasteiger partial charge on any atom is -0.462 e. The summed E-state index contributed by atoms with van der Waals surface area (Å²) in [6.07, 6.45) is 59.4. The molecule has 0 heterocycles. The van der Waals surface area contributed by atoms with Crippen LogP contribution in [0.4, 0.5) is 0 Å². The predicted octanol–water partition coefficient (Wildman–Crippen LogP) is 17.1. The molecule has 0 aromatic rings. The van der Waals surface area contributed by atoms with Crippen LogP contribution in [0.2, 0.25) is 0 Å². The molecule has 354 valence electrons. The molecule has 61 heavy (non-hydrogen) atoms. The van der Waals surface area contributed by atoms with Gasteiger partial charge in [-0.3, -0.25) is 14.4 Å². The lowest BCUT2D eigenvalue weighted by molar-refractivity contribution is -0.167. The number of unbranched alkanes of at least 4 members (excludes halogenated alkanes) is 28. The van der Waals surface area contributed by atoms with Crippen LogP contribution in [0.15, 0.2) is 48.6 Å². The molecule has 0 aliphatic heterocycles. The Morgan fingerprint density at radius 1 is 0.328 bits per heavy atom. The van der Waals surface area contributed by atoms with Crippen LogP contribution in [0.1, 0.15) is 265 Å². The van der Waals surface area contributed by atoms with Crippen molar-refractivity contribution >= 4 is 17.9 Å². The molecule has 0 aromatic carbocycles. The maximum absolute atomic E-state index is 12.8. The normalized spacial score (nSPS) is 12.4. The highest BCUT2D eigenvalue weighted by atomic mass is 16.6. The number of carbonyl (C=O) groups is 3. The minimum absolute atomic E-state index is 0.0850. The van der Waals surface area contributed by atoms with Crippen molar-refractivity contribution in [2.24, 2.45) is 0 Å². The Kier molecular flexibility index (Phi) is 47.9. The van der Waals surface area contributed by atoms with E-state index in [0.29, 0.717) is 19.3 Å². The van der Waals surface area contributed by atoms with E-state index in [1.165, 1.54) is 128 Å². The van der Waals surface area contributed by atoms with Gasteiger partial charge in [-0.1, -0.05) is 191 Å². The Morgan fingerprint density at radius 2 is 0.590 bits per heavy atom. The SMILES string of the molecule is CCCCC/C=C\C/C=C\CCCCCCCC(=O)O[C@@H](COC(=O)CCCCCCC/C=C\CCCCCC)COC(=O)CCCCCCC/C=C\CCCCCCCC. The average molecular weight is 855 g/mol. The zero-order valence-corrected chi connectivity index (χ0v) is 40.4. The van der Waals surface area contributed by atoms with Crippen LogP contribution in [0.25, 0.3) is 0 Å². The highest BCUT2D eigenvalue weighted by Crippen LogP contribution is 2.14. The molecule has 0 amide bonds. The summed E-state index contributed by atoms with van der Waals surface area (Å²) in [6.45, 7) is 6.58. The standard InChI is InChI=1S/C55H98O6/c1-4-7-10-13-16-19-22-25-27-30-33-36-39-42-45-48-54(57)60-51-52(50-59-53(56)47-44-41-38-35-32-29-24-21-18-15-12-9-6-3)61-55(58)49-46-43-40-37-34-31-28-26-23-20-17-14-11-8-5-2/h17,20-21,24-28,52H,4-16,18-19,22-23,29-51H2,1-3H3/b20-17-,24-21-,27-25-,28-26-/t52-/m0/s1. The molecule has 6 nitrogen and oxygen atoms in total. The summed E-state index contributed by atoms with van der Waals surface area (Å²) in [5.74, 6) is -0.909. The molecule has 0 saturated heterocycles. The second kappa shape index (κ2) is 50.0. The van der Waals surface area contributed by atoms with Gasteiger partial charge in [-0.15, -0.1) is 0 Å². The van der Waals surface area contributed by atoms with E-state index in [9.17, 15) is 14.4 Å². The van der Waals surface area contributed by atoms with Crippen LogP contribution in [0.3, 0.4) is 0 Å². The summed E-state index contributed by atoms with van der Waals surface area (Å²) in [4.78, 5) is 38.0. The van der Waals surface area contributed by atoms with Crippen molar-refractivity contribution < 1.29 is 28.6 Å². The smallest absolute Gasteiger partial charge is 0.306 e. The van der Waals surface area contributed by atoms with Crippen molar-refractivity contribution in [3.8, 4) is 0 Å². The van der Waals surface area contributed by atoms with Crippen molar-refractivity contribution in [1.29, 1.82) is 0 Å². The molecule has 0 rings (SSSR count). The van der Waals surface area contributed by atoms with Gasteiger partial charge >= 0.3 is 17.9 Å². The van der Waals surface area contributed by atoms with E-state index >= 15 is 0 Å². The van der Waals surface area contributed by atoms with Gasteiger partial charge in [-0.05, 0) is 103 Å². The van der Waals surface area contributed by atoms with Crippen molar-refractivity contribution in [1.82, 2.24) is 0 Å². The highest BCUT2D eigenvalue weighted by Gasteiger charge is 2.19. The summed E-state index contributed by atoms with van der Waals surface area (Å²) in [5, 5.41) is 0. The molecule has 1 atom stereocenters. The van der Waals surface area contributed by atoms with Gasteiger partial charge in [0.15, 0.2) is 6.10 Å². The summed E-state index contributed by atoms with van der Waals surface area (Å²) >= 11 is 0. The number of rotatable bonds is 47. The van der Waals surface area contributed by atoms with Crippen LogP contribution in [0, 0.1) is 0 Å². The number of hydrogen-bond donors (Lipinski definition) is 0. The van der Waals surface area contributed by atoms with Gasteiger partial charge in [0, 0.05) is 19.3 Å². The number of allylic oxidation sites excluding steroid dienone is 8. The Hall–Kier alpha value is -2.63. The number of carbonyl (C=O) groups excluding carboxylic acids is 3. The van der Waals surface area contributed by atoms with E-state index in [2.05, 4.69) is 69.4 Å². The first-order valence-electron chi connectivity index (χ1n) is 26.1. The summed E-state index contributed by atoms with van der Waals surface area (Å²) in [5.41, 5.74) is 0. The Bertz CT molecular complexity index is 1070. The van der Waals surface area contributed by atoms with Gasteiger partial charge in [0.25, 0.3) is 0 Å². The van der Waals surface area contributed by atoms with Gasteiger partial charge in [-0.2, -0.15) is 0 Å². The lowest BCUT2D eigenvalue weighted by Gasteiger charge is -2.18. The van der Waals surface area contributed by atoms with Gasteiger partial charge in [0.05, 0.1) is 0 Å². The van der Waals surface area contributed by atoms with Gasteiger partial charge < -0.3 is 14.2 Å². The number of esters is 3. The fourth-order valence-electron chi connectivity index (χ4n) is 7.28. The van der Waals surface area contributed by atoms with Gasteiger partial charge in [-0.25, -0.2) is 0 Å². The van der Waals surface area contributed by atoms with Crippen LogP contribution < -0.4 is 0 Å². The molecule has 0 aliphatic rings. The largest absolute Gasteiger partial charge is 0.462 e. The second-order valence-corrected chi connectivity index (χ2v) is 17.4. The molecule has 0 N–H and O–H groups in total. The maximum atomic E-state index is 12.8. The Balaban J connectivity index is 4.42. The third-order valence-electron chi connectivity index (χ3n) is 11.3. The zero-order valence-electron chi connectivity index (χ0n) is 40.4. The molecule has 6 heteroatoms. The monoisotopic (exact) mass is 855 g/mol. The van der Waals surface area contributed by atoms with Gasteiger partial charge in [0.2, 0.25) is 0 Å². The number of ether oxygens (including phenoxy) is 3. The highest BCUT2D eigenvalue weighted by molar-refractivity contribution is 5.71. The average Bonchev–Trinajstić information content (AvgIpc) is 3.26. The molecular formula is C55H98O6. The molecule has 0 spiro atoms. The molecule has 0 aromatic heterocycles. The van der Waals surface area contributed by atoms with E-state index in [1.54, 1.807) is 0 Å². The molecule has 0 bridgehead atoms. The lowest BCUT2D eigenvalue weighted by Crippen LogP contribution is -2.30. The third kappa shape index (κ3) is 48.3. The van der Waals surface area contributed by atoms with Crippen LogP contribution >= 0.6 is 0 Å². The Labute approximate surface area is 378 Å².